The molecule has 0 atom stereocenters. The summed E-state index contributed by atoms with van der Waals surface area (Å²) < 4.78 is 0. The second-order valence-electron chi connectivity index (χ2n) is 3.82. The van der Waals surface area contributed by atoms with Gasteiger partial charge in [-0.3, -0.25) is 4.79 Å². The van der Waals surface area contributed by atoms with Gasteiger partial charge >= 0.3 is 35.5 Å². The van der Waals surface area contributed by atoms with Gasteiger partial charge in [0.25, 0.3) is 0 Å². The molecule has 1 N–H and O–H groups in total. The van der Waals surface area contributed by atoms with Crippen LogP contribution in [0.15, 0.2) is 24.3 Å². The van der Waals surface area contributed by atoms with E-state index in [1.54, 1.807) is 0 Å². The molecule has 0 radical (unpaired) electrons. The van der Waals surface area contributed by atoms with Crippen LogP contribution in [0.2, 0.25) is 0 Å². The van der Waals surface area contributed by atoms with Gasteiger partial charge in [-0.2, -0.15) is 0 Å². The summed E-state index contributed by atoms with van der Waals surface area (Å²) in [4.78, 5) is 10.4. The topological polar surface area (TPSA) is 37.3 Å². The third-order valence-electron chi connectivity index (χ3n) is 2.44. The number of hydrogen-bond acceptors (Lipinski definition) is 1. The molecule has 0 heterocycles. The van der Waals surface area contributed by atoms with Crippen LogP contribution in [0, 0.1) is 0 Å². The predicted octanol–water partition coefficient (Wildman–Crippen LogP) is 0.163. The van der Waals surface area contributed by atoms with Crippen molar-refractivity contribution in [2.75, 3.05) is 0 Å². The largest absolute Gasteiger partial charge is 1.00 e. The first kappa shape index (κ1) is 15.7. The summed E-state index contributed by atoms with van der Waals surface area (Å²) in [6.45, 7) is 2.17. The summed E-state index contributed by atoms with van der Waals surface area (Å²) in [5.74, 6) is -0.728. The first-order chi connectivity index (χ1) is 7.22. The zero-order valence-corrected chi connectivity index (χ0v) is 12.2. The van der Waals surface area contributed by atoms with Crippen molar-refractivity contribution in [1.29, 1.82) is 0 Å². The van der Waals surface area contributed by atoms with Gasteiger partial charge in [-0.15, -0.1) is 0 Å². The summed E-state index contributed by atoms with van der Waals surface area (Å²) in [5, 5.41) is 8.59. The maximum absolute atomic E-state index is 10.4. The molecule has 2 nitrogen and oxygen atoms in total. The number of benzene rings is 1. The van der Waals surface area contributed by atoms with Crippen molar-refractivity contribution >= 4 is 5.97 Å². The Hall–Kier alpha value is -0.310. The van der Waals surface area contributed by atoms with Crippen LogP contribution in [0.3, 0.4) is 0 Å². The molecule has 0 saturated heterocycles. The molecular formula is C13H19NaO2. The van der Waals surface area contributed by atoms with E-state index in [0.717, 1.165) is 12.0 Å². The average Bonchev–Trinajstić information content (AvgIpc) is 2.24. The number of aryl methyl sites for hydroxylation is 2. The van der Waals surface area contributed by atoms with Gasteiger partial charge in [-0.25, -0.2) is 0 Å². The number of aliphatic carboxylic acids is 1. The van der Waals surface area contributed by atoms with E-state index in [1.807, 2.05) is 12.1 Å². The van der Waals surface area contributed by atoms with Crippen molar-refractivity contribution in [2.45, 2.75) is 39.0 Å². The predicted molar refractivity (Wildman–Crippen MR) is 62.1 cm³/mol. The maximum Gasteiger partial charge on any atom is 1.00 e. The van der Waals surface area contributed by atoms with E-state index < -0.39 is 5.97 Å². The molecule has 16 heavy (non-hydrogen) atoms. The molecule has 0 aromatic heterocycles. The van der Waals surface area contributed by atoms with E-state index in [0.29, 0.717) is 6.42 Å². The summed E-state index contributed by atoms with van der Waals surface area (Å²) >= 11 is 0. The fourth-order valence-corrected chi connectivity index (χ4v) is 1.57. The smallest absolute Gasteiger partial charge is 1.00 e. The molecule has 0 aliphatic heterocycles. The Morgan fingerprint density at radius 2 is 1.94 bits per heavy atom. The normalized spacial score (nSPS) is 9.56. The standard InChI is InChI=1S/C13H18O2.Na.H/c1-2-3-5-11-6-4-7-12(10-11)8-9-13(14)15;;/h4,6-7,10H,2-3,5,8-9H2,1H3,(H,14,15);;/q;+1;-1. The first-order valence-corrected chi connectivity index (χ1v) is 5.52. The van der Waals surface area contributed by atoms with Gasteiger partial charge in [0.15, 0.2) is 0 Å². The summed E-state index contributed by atoms with van der Waals surface area (Å²) in [6.07, 6.45) is 4.34. The molecule has 0 saturated carbocycles. The third-order valence-corrected chi connectivity index (χ3v) is 2.44. The molecule has 0 fully saturated rings. The van der Waals surface area contributed by atoms with Crippen molar-refractivity contribution in [1.82, 2.24) is 0 Å². The SMILES string of the molecule is CCCCc1cccc(CCC(=O)O)c1.[H-].[Na+]. The van der Waals surface area contributed by atoms with Crippen molar-refractivity contribution in [3.63, 3.8) is 0 Å². The summed E-state index contributed by atoms with van der Waals surface area (Å²) in [7, 11) is 0. The summed E-state index contributed by atoms with van der Waals surface area (Å²) in [5.41, 5.74) is 2.45. The van der Waals surface area contributed by atoms with Crippen molar-refractivity contribution in [3.8, 4) is 0 Å². The second-order valence-corrected chi connectivity index (χ2v) is 3.82. The van der Waals surface area contributed by atoms with Crippen LogP contribution in [0.4, 0.5) is 0 Å². The molecule has 0 aliphatic carbocycles. The number of rotatable bonds is 6. The van der Waals surface area contributed by atoms with Crippen LogP contribution in [0.1, 0.15) is 38.7 Å². The number of carboxylic acids is 1. The van der Waals surface area contributed by atoms with Gasteiger partial charge < -0.3 is 6.53 Å². The molecule has 84 valence electrons. The molecule has 0 amide bonds. The van der Waals surface area contributed by atoms with Gasteiger partial charge in [-0.05, 0) is 30.4 Å². The van der Waals surface area contributed by atoms with E-state index in [4.69, 9.17) is 5.11 Å². The van der Waals surface area contributed by atoms with Gasteiger partial charge in [0.05, 0.1) is 0 Å². The molecule has 0 bridgehead atoms. The van der Waals surface area contributed by atoms with Gasteiger partial charge in [-0.1, -0.05) is 37.6 Å². The van der Waals surface area contributed by atoms with Crippen molar-refractivity contribution in [2.24, 2.45) is 0 Å². The van der Waals surface area contributed by atoms with Crippen LogP contribution in [0.25, 0.3) is 0 Å². The molecule has 1 aromatic carbocycles. The third kappa shape index (κ3) is 6.31. The zero-order valence-electron chi connectivity index (χ0n) is 11.2. The van der Waals surface area contributed by atoms with E-state index in [-0.39, 0.29) is 37.4 Å². The Labute approximate surface area is 121 Å². The number of carboxylic acid groups (broad SMARTS) is 1. The summed E-state index contributed by atoms with van der Waals surface area (Å²) in [6, 6.07) is 8.25. The number of carbonyl (C=O) groups is 1. The Morgan fingerprint density at radius 1 is 1.31 bits per heavy atom. The monoisotopic (exact) mass is 230 g/mol. The zero-order chi connectivity index (χ0) is 11.1. The minimum atomic E-state index is -0.728. The Bertz CT molecular complexity index is 329. The quantitative estimate of drug-likeness (QED) is 0.707. The van der Waals surface area contributed by atoms with Crippen LogP contribution < -0.4 is 29.6 Å². The van der Waals surface area contributed by atoms with Crippen LogP contribution >= 0.6 is 0 Å². The minimum absolute atomic E-state index is 0. The first-order valence-electron chi connectivity index (χ1n) is 5.52. The molecule has 3 heteroatoms. The molecule has 1 rings (SSSR count). The van der Waals surface area contributed by atoms with E-state index >= 15 is 0 Å². The number of unbranched alkanes of at least 4 members (excludes halogenated alkanes) is 1. The van der Waals surface area contributed by atoms with Crippen LogP contribution in [0.5, 0.6) is 0 Å². The van der Waals surface area contributed by atoms with E-state index in [9.17, 15) is 4.79 Å². The van der Waals surface area contributed by atoms with Crippen molar-refractivity contribution < 1.29 is 40.9 Å². The molecule has 0 aliphatic rings. The Balaban J connectivity index is 0. The van der Waals surface area contributed by atoms with Crippen molar-refractivity contribution in [3.05, 3.63) is 35.4 Å². The second kappa shape index (κ2) is 8.80. The maximum atomic E-state index is 10.4. The molecular weight excluding hydrogens is 211 g/mol. The van der Waals surface area contributed by atoms with E-state index in [2.05, 4.69) is 19.1 Å². The Morgan fingerprint density at radius 3 is 2.50 bits per heavy atom. The van der Waals surface area contributed by atoms with Crippen LogP contribution in [-0.2, 0) is 17.6 Å². The fourth-order valence-electron chi connectivity index (χ4n) is 1.57. The number of hydrogen-bond donors (Lipinski definition) is 1. The molecule has 0 spiro atoms. The van der Waals surface area contributed by atoms with Gasteiger partial charge in [0.1, 0.15) is 0 Å². The fraction of sp³-hybridized carbons (Fsp3) is 0.462. The van der Waals surface area contributed by atoms with Gasteiger partial charge in [0.2, 0.25) is 0 Å². The minimum Gasteiger partial charge on any atom is -1.00 e. The molecule has 0 unspecified atom stereocenters. The van der Waals surface area contributed by atoms with Crippen LogP contribution in [-0.4, -0.2) is 11.1 Å². The Kier molecular flexibility index (Phi) is 8.63. The van der Waals surface area contributed by atoms with Gasteiger partial charge in [0, 0.05) is 6.42 Å². The average molecular weight is 230 g/mol. The van der Waals surface area contributed by atoms with E-state index in [1.165, 1.54) is 18.4 Å². The molecule has 1 aromatic rings.